The molecule has 88 valence electrons. The van der Waals surface area contributed by atoms with Crippen molar-refractivity contribution in [3.8, 4) is 0 Å². The van der Waals surface area contributed by atoms with Gasteiger partial charge in [-0.25, -0.2) is 0 Å². The van der Waals surface area contributed by atoms with Gasteiger partial charge in [0.05, 0.1) is 0 Å². The van der Waals surface area contributed by atoms with Crippen LogP contribution in [0.2, 0.25) is 0 Å². The predicted molar refractivity (Wildman–Crippen MR) is 76.3 cm³/mol. The van der Waals surface area contributed by atoms with Gasteiger partial charge in [-0.3, -0.25) is 0 Å². The highest BCUT2D eigenvalue weighted by Crippen LogP contribution is 2.37. The molecule has 0 amide bonds. The highest BCUT2D eigenvalue weighted by Gasteiger charge is 2.38. The minimum atomic E-state index is 0.385. The zero-order valence-corrected chi connectivity index (χ0v) is 12.0. The lowest BCUT2D eigenvalue weighted by atomic mass is 9.72. The lowest BCUT2D eigenvalue weighted by Gasteiger charge is -2.44. The van der Waals surface area contributed by atoms with Crippen molar-refractivity contribution in [3.63, 3.8) is 0 Å². The van der Waals surface area contributed by atoms with E-state index in [1.54, 1.807) is 0 Å². The van der Waals surface area contributed by atoms with Crippen LogP contribution in [0.25, 0.3) is 0 Å². The summed E-state index contributed by atoms with van der Waals surface area (Å²) in [5.74, 6) is 1.27. The van der Waals surface area contributed by atoms with E-state index in [9.17, 15) is 0 Å². The molecule has 0 spiro atoms. The smallest absolute Gasteiger partial charge is 0.0214 e. The summed E-state index contributed by atoms with van der Waals surface area (Å²) in [6, 6.07) is 8.66. The van der Waals surface area contributed by atoms with Gasteiger partial charge in [0.25, 0.3) is 0 Å². The van der Waals surface area contributed by atoms with Crippen LogP contribution >= 0.6 is 27.7 Å². The molecule has 1 heterocycles. The van der Waals surface area contributed by atoms with Crippen LogP contribution in [0.15, 0.2) is 28.7 Å². The fourth-order valence-electron chi connectivity index (χ4n) is 2.37. The maximum atomic E-state index is 3.68. The lowest BCUT2D eigenvalue weighted by molar-refractivity contribution is 0.255. The second kappa shape index (κ2) is 5.56. The normalized spacial score (nSPS) is 18.1. The maximum Gasteiger partial charge on any atom is 0.0214 e. The van der Waals surface area contributed by atoms with E-state index in [0.29, 0.717) is 5.41 Å². The average molecular weight is 300 g/mol. The summed E-state index contributed by atoms with van der Waals surface area (Å²) in [6.45, 7) is 2.26. The summed E-state index contributed by atoms with van der Waals surface area (Å²) >= 11 is 5.63. The zero-order valence-electron chi connectivity index (χ0n) is 9.63. The molecular formula is C13H18BrNS. The van der Waals surface area contributed by atoms with E-state index in [4.69, 9.17) is 0 Å². The van der Waals surface area contributed by atoms with Crippen LogP contribution in [-0.2, 0) is 5.41 Å². The fourth-order valence-corrected chi connectivity index (χ4v) is 3.51. The van der Waals surface area contributed by atoms with E-state index in [1.807, 2.05) is 11.8 Å². The van der Waals surface area contributed by atoms with Gasteiger partial charge < -0.3 is 5.32 Å². The van der Waals surface area contributed by atoms with Crippen molar-refractivity contribution in [3.05, 3.63) is 34.3 Å². The maximum absolute atomic E-state index is 3.68. The Hall–Kier alpha value is 0.01000. The highest BCUT2D eigenvalue weighted by atomic mass is 79.9. The number of halogens is 1. The first-order chi connectivity index (χ1) is 7.78. The molecule has 1 aliphatic rings. The monoisotopic (exact) mass is 299 g/mol. The molecule has 2 rings (SSSR count). The molecule has 0 atom stereocenters. The number of rotatable bonds is 5. The van der Waals surface area contributed by atoms with Gasteiger partial charge in [0.15, 0.2) is 0 Å². The van der Waals surface area contributed by atoms with Crippen molar-refractivity contribution in [1.82, 2.24) is 5.32 Å². The van der Waals surface area contributed by atoms with E-state index < -0.39 is 0 Å². The van der Waals surface area contributed by atoms with Gasteiger partial charge >= 0.3 is 0 Å². The lowest BCUT2D eigenvalue weighted by Crippen LogP contribution is -2.57. The van der Waals surface area contributed by atoms with Crippen LogP contribution in [0.1, 0.15) is 18.4 Å². The third-order valence-corrected chi connectivity index (χ3v) is 4.76. The number of benzene rings is 1. The molecule has 0 saturated carbocycles. The first kappa shape index (κ1) is 12.5. The van der Waals surface area contributed by atoms with Gasteiger partial charge in [-0.1, -0.05) is 34.1 Å². The topological polar surface area (TPSA) is 12.0 Å². The second-order valence-corrected chi connectivity index (χ2v) is 6.30. The Kier molecular flexibility index (Phi) is 4.34. The number of nitrogens with one attached hydrogen (secondary N) is 1. The molecular weight excluding hydrogens is 282 g/mol. The van der Waals surface area contributed by atoms with Gasteiger partial charge in [-0.2, -0.15) is 11.8 Å². The van der Waals surface area contributed by atoms with Crippen molar-refractivity contribution in [2.75, 3.05) is 25.1 Å². The van der Waals surface area contributed by atoms with Gasteiger partial charge in [0, 0.05) is 23.0 Å². The van der Waals surface area contributed by atoms with E-state index in [0.717, 1.165) is 13.1 Å². The molecule has 1 fully saturated rings. The van der Waals surface area contributed by atoms with Gasteiger partial charge in [-0.15, -0.1) is 0 Å². The Bertz CT molecular complexity index is 350. The molecule has 1 aromatic rings. The summed E-state index contributed by atoms with van der Waals surface area (Å²) in [5.41, 5.74) is 1.87. The average Bonchev–Trinajstić information content (AvgIpc) is 2.24. The number of thioether (sulfide) groups is 1. The van der Waals surface area contributed by atoms with E-state index in [-0.39, 0.29) is 0 Å². The minimum absolute atomic E-state index is 0.385. The van der Waals surface area contributed by atoms with Gasteiger partial charge in [-0.05, 0) is 36.5 Å². The number of hydrogen-bond donors (Lipinski definition) is 1. The third-order valence-electron chi connectivity index (χ3n) is 3.38. The fraction of sp³-hybridized carbons (Fsp3) is 0.538. The summed E-state index contributed by atoms with van der Waals surface area (Å²) in [5, 5.41) is 3.43. The molecule has 0 bridgehead atoms. The Morgan fingerprint density at radius 2 is 2.12 bits per heavy atom. The SMILES string of the molecule is CSCCCC1(c2ccccc2Br)CNC1. The second-order valence-electron chi connectivity index (χ2n) is 4.46. The summed E-state index contributed by atoms with van der Waals surface area (Å²) in [7, 11) is 0. The van der Waals surface area contributed by atoms with Crippen molar-refractivity contribution < 1.29 is 0 Å². The van der Waals surface area contributed by atoms with E-state index in [2.05, 4.69) is 51.8 Å². The van der Waals surface area contributed by atoms with Crippen LogP contribution in [0.5, 0.6) is 0 Å². The molecule has 0 unspecified atom stereocenters. The molecule has 0 radical (unpaired) electrons. The molecule has 16 heavy (non-hydrogen) atoms. The number of hydrogen-bond acceptors (Lipinski definition) is 2. The summed E-state index contributed by atoms with van der Waals surface area (Å²) in [4.78, 5) is 0. The molecule has 1 N–H and O–H groups in total. The van der Waals surface area contributed by atoms with E-state index in [1.165, 1.54) is 28.6 Å². The molecule has 1 aromatic carbocycles. The Morgan fingerprint density at radius 1 is 1.38 bits per heavy atom. The van der Waals surface area contributed by atoms with Gasteiger partial charge in [0.1, 0.15) is 0 Å². The third kappa shape index (κ3) is 2.47. The predicted octanol–water partition coefficient (Wildman–Crippen LogP) is 3.43. The minimum Gasteiger partial charge on any atom is -0.315 e. The first-order valence-corrected chi connectivity index (χ1v) is 7.92. The molecule has 1 saturated heterocycles. The van der Waals surface area contributed by atoms with Crippen molar-refractivity contribution in [2.24, 2.45) is 0 Å². The quantitative estimate of drug-likeness (QED) is 0.836. The van der Waals surface area contributed by atoms with Crippen molar-refractivity contribution >= 4 is 27.7 Å². The van der Waals surface area contributed by atoms with Crippen LogP contribution in [0.3, 0.4) is 0 Å². The summed E-state index contributed by atoms with van der Waals surface area (Å²) in [6.07, 6.45) is 4.79. The van der Waals surface area contributed by atoms with Crippen molar-refractivity contribution in [1.29, 1.82) is 0 Å². The summed E-state index contributed by atoms with van der Waals surface area (Å²) < 4.78 is 1.26. The first-order valence-electron chi connectivity index (χ1n) is 5.73. The highest BCUT2D eigenvalue weighted by molar-refractivity contribution is 9.10. The van der Waals surface area contributed by atoms with Crippen LogP contribution < -0.4 is 5.32 Å². The molecule has 0 aliphatic carbocycles. The van der Waals surface area contributed by atoms with E-state index >= 15 is 0 Å². The standard InChI is InChI=1S/C13H18BrNS/c1-16-8-4-7-13(9-15-10-13)11-5-2-3-6-12(11)14/h2-3,5-6,15H,4,7-10H2,1H3. The van der Waals surface area contributed by atoms with Crippen LogP contribution in [0.4, 0.5) is 0 Å². The zero-order chi connectivity index (χ0) is 11.4. The van der Waals surface area contributed by atoms with Crippen LogP contribution in [-0.4, -0.2) is 25.1 Å². The molecule has 1 nitrogen and oxygen atoms in total. The molecule has 1 aliphatic heterocycles. The molecule has 3 heteroatoms. The Morgan fingerprint density at radius 3 is 2.69 bits per heavy atom. The Balaban J connectivity index is 2.12. The molecule has 0 aromatic heterocycles. The van der Waals surface area contributed by atoms with Crippen molar-refractivity contribution in [2.45, 2.75) is 18.3 Å². The van der Waals surface area contributed by atoms with Gasteiger partial charge in [0.2, 0.25) is 0 Å². The largest absolute Gasteiger partial charge is 0.315 e. The van der Waals surface area contributed by atoms with Crippen LogP contribution in [0, 0.1) is 0 Å². The Labute approximate surface area is 111 Å².